The summed E-state index contributed by atoms with van der Waals surface area (Å²) in [6.07, 6.45) is 1.48. The van der Waals surface area contributed by atoms with E-state index in [1.165, 1.54) is 6.92 Å². The van der Waals surface area contributed by atoms with E-state index in [9.17, 15) is 9.59 Å². The van der Waals surface area contributed by atoms with Crippen molar-refractivity contribution >= 4 is 11.9 Å². The molecule has 0 radical (unpaired) electrons. The number of likely N-dealkylation sites (tertiary alicyclic amines) is 1. The normalized spacial score (nSPS) is 29.2. The number of nitrogens with zero attached hydrogens (tertiary/aromatic N) is 2. The van der Waals surface area contributed by atoms with Gasteiger partial charge in [0.1, 0.15) is 0 Å². The first-order valence-corrected chi connectivity index (χ1v) is 6.74. The maximum absolute atomic E-state index is 12.3. The van der Waals surface area contributed by atoms with Crippen LogP contribution in [0.4, 0.5) is 0 Å². The summed E-state index contributed by atoms with van der Waals surface area (Å²) in [4.78, 5) is 27.6. The van der Waals surface area contributed by atoms with Crippen LogP contribution in [0.25, 0.3) is 0 Å². The fourth-order valence-electron chi connectivity index (χ4n) is 3.12. The highest BCUT2D eigenvalue weighted by Crippen LogP contribution is 2.30. The Bertz CT molecular complexity index is 331. The third kappa shape index (κ3) is 2.51. The Balaban J connectivity index is 2.02. The number of carbonyl (C=O) groups is 2. The second-order valence-corrected chi connectivity index (χ2v) is 5.23. The van der Waals surface area contributed by atoms with Gasteiger partial charge in [-0.3, -0.25) is 14.5 Å². The highest BCUT2D eigenvalue weighted by molar-refractivity contribution is 5.84. The molecule has 2 bridgehead atoms. The zero-order chi connectivity index (χ0) is 13.3. The number of esters is 1. The predicted octanol–water partition coefficient (Wildman–Crippen LogP) is 0.633. The van der Waals surface area contributed by atoms with E-state index in [-0.39, 0.29) is 5.91 Å². The number of likely N-dealkylation sites (N-methyl/N-ethyl adjacent to an activating group) is 1. The Hall–Kier alpha value is -1.10. The molecule has 0 aliphatic carbocycles. The summed E-state index contributed by atoms with van der Waals surface area (Å²) < 4.78 is 5.00. The standard InChI is InChI=1S/C13H22N2O3/c1-4-14-7-11-5-6-12(8-14)15(11)13(17)9(2)18-10(3)16/h9,11-12H,4-8H2,1-3H3/t9-,11-,12+/m0/s1. The molecule has 2 rings (SSSR count). The van der Waals surface area contributed by atoms with E-state index in [1.54, 1.807) is 6.92 Å². The number of fused-ring (bicyclic) bond motifs is 2. The second-order valence-electron chi connectivity index (χ2n) is 5.23. The molecule has 0 spiro atoms. The summed E-state index contributed by atoms with van der Waals surface area (Å²) in [6.45, 7) is 8.09. The van der Waals surface area contributed by atoms with E-state index in [0.29, 0.717) is 12.1 Å². The average molecular weight is 254 g/mol. The molecular weight excluding hydrogens is 232 g/mol. The molecule has 2 saturated heterocycles. The van der Waals surface area contributed by atoms with E-state index < -0.39 is 12.1 Å². The highest BCUT2D eigenvalue weighted by Gasteiger charge is 2.43. The first-order chi connectivity index (χ1) is 8.52. The lowest BCUT2D eigenvalue weighted by atomic mass is 10.1. The Kier molecular flexibility index (Phi) is 3.90. The van der Waals surface area contributed by atoms with Crippen LogP contribution in [0.3, 0.4) is 0 Å². The van der Waals surface area contributed by atoms with Crippen LogP contribution in [-0.2, 0) is 14.3 Å². The number of hydrogen-bond acceptors (Lipinski definition) is 4. The zero-order valence-electron chi connectivity index (χ0n) is 11.4. The van der Waals surface area contributed by atoms with Gasteiger partial charge in [0.15, 0.2) is 6.10 Å². The van der Waals surface area contributed by atoms with E-state index in [0.717, 1.165) is 32.5 Å². The van der Waals surface area contributed by atoms with Gasteiger partial charge < -0.3 is 9.64 Å². The molecule has 0 aromatic heterocycles. The minimum Gasteiger partial charge on any atom is -0.453 e. The van der Waals surface area contributed by atoms with Gasteiger partial charge in [0.05, 0.1) is 0 Å². The van der Waals surface area contributed by atoms with E-state index >= 15 is 0 Å². The van der Waals surface area contributed by atoms with Crippen molar-refractivity contribution in [2.75, 3.05) is 19.6 Å². The Morgan fingerprint density at radius 2 is 1.83 bits per heavy atom. The fraction of sp³-hybridized carbons (Fsp3) is 0.846. The van der Waals surface area contributed by atoms with E-state index in [4.69, 9.17) is 4.74 Å². The molecular formula is C13H22N2O3. The minimum absolute atomic E-state index is 0.0338. The molecule has 0 aromatic carbocycles. The van der Waals surface area contributed by atoms with Gasteiger partial charge in [-0.1, -0.05) is 6.92 Å². The summed E-state index contributed by atoms with van der Waals surface area (Å²) in [5.74, 6) is -0.427. The number of hydrogen-bond donors (Lipinski definition) is 0. The van der Waals surface area contributed by atoms with E-state index in [2.05, 4.69) is 11.8 Å². The van der Waals surface area contributed by atoms with Gasteiger partial charge in [-0.25, -0.2) is 0 Å². The Morgan fingerprint density at radius 3 is 2.28 bits per heavy atom. The summed E-state index contributed by atoms with van der Waals surface area (Å²) in [5, 5.41) is 0. The molecule has 2 aliphatic rings. The van der Waals surface area contributed by atoms with Crippen LogP contribution in [0.5, 0.6) is 0 Å². The molecule has 2 heterocycles. The Morgan fingerprint density at radius 1 is 1.28 bits per heavy atom. The summed E-state index contributed by atoms with van der Waals surface area (Å²) >= 11 is 0. The van der Waals surface area contributed by atoms with Crippen LogP contribution < -0.4 is 0 Å². The van der Waals surface area contributed by atoms with Crippen LogP contribution in [0.15, 0.2) is 0 Å². The smallest absolute Gasteiger partial charge is 0.303 e. The van der Waals surface area contributed by atoms with Crippen LogP contribution in [0.1, 0.15) is 33.6 Å². The Labute approximate surface area is 108 Å². The average Bonchev–Trinajstić information content (AvgIpc) is 2.57. The first kappa shape index (κ1) is 13.3. The largest absolute Gasteiger partial charge is 0.453 e. The van der Waals surface area contributed by atoms with Gasteiger partial charge in [-0.2, -0.15) is 0 Å². The second kappa shape index (κ2) is 5.26. The highest BCUT2D eigenvalue weighted by atomic mass is 16.5. The van der Waals surface area contributed by atoms with Crippen molar-refractivity contribution in [3.05, 3.63) is 0 Å². The third-order valence-electron chi connectivity index (χ3n) is 3.95. The van der Waals surface area contributed by atoms with Gasteiger partial charge in [-0.15, -0.1) is 0 Å². The van der Waals surface area contributed by atoms with Gasteiger partial charge >= 0.3 is 5.97 Å². The van der Waals surface area contributed by atoms with Crippen molar-refractivity contribution < 1.29 is 14.3 Å². The molecule has 18 heavy (non-hydrogen) atoms. The first-order valence-electron chi connectivity index (χ1n) is 6.74. The van der Waals surface area contributed by atoms with Gasteiger partial charge in [0.25, 0.3) is 5.91 Å². The van der Waals surface area contributed by atoms with Crippen molar-refractivity contribution in [2.45, 2.75) is 51.8 Å². The number of ether oxygens (including phenoxy) is 1. The van der Waals surface area contributed by atoms with E-state index in [1.807, 2.05) is 4.90 Å². The molecule has 2 fully saturated rings. The topological polar surface area (TPSA) is 49.9 Å². The molecule has 5 nitrogen and oxygen atoms in total. The predicted molar refractivity (Wildman–Crippen MR) is 67.0 cm³/mol. The van der Waals surface area contributed by atoms with Crippen LogP contribution in [0, 0.1) is 0 Å². The number of carbonyl (C=O) groups excluding carboxylic acids is 2. The molecule has 0 saturated carbocycles. The van der Waals surface area contributed by atoms with Crippen molar-refractivity contribution in [1.82, 2.24) is 9.80 Å². The SMILES string of the molecule is CCN1C[C@H]2CC[C@@H](C1)N2C(=O)[C@H](C)OC(C)=O. The van der Waals surface area contributed by atoms with Crippen LogP contribution in [0.2, 0.25) is 0 Å². The maximum atomic E-state index is 12.3. The molecule has 2 aliphatic heterocycles. The number of amides is 1. The monoisotopic (exact) mass is 254 g/mol. The summed E-state index contributed by atoms with van der Waals surface area (Å²) in [6, 6.07) is 0.600. The van der Waals surface area contributed by atoms with Gasteiger partial charge in [0.2, 0.25) is 0 Å². The lowest BCUT2D eigenvalue weighted by molar-refractivity contribution is -0.160. The minimum atomic E-state index is -0.654. The van der Waals surface area contributed by atoms with Crippen LogP contribution >= 0.6 is 0 Å². The van der Waals surface area contributed by atoms with Crippen molar-refractivity contribution in [3.63, 3.8) is 0 Å². The molecule has 0 aromatic rings. The van der Waals surface area contributed by atoms with Gasteiger partial charge in [-0.05, 0) is 26.3 Å². The number of rotatable bonds is 3. The zero-order valence-corrected chi connectivity index (χ0v) is 11.4. The van der Waals surface area contributed by atoms with Crippen molar-refractivity contribution in [3.8, 4) is 0 Å². The number of piperazine rings is 1. The molecule has 0 N–H and O–H groups in total. The lowest BCUT2D eigenvalue weighted by Crippen LogP contribution is -2.57. The summed E-state index contributed by atoms with van der Waals surface area (Å²) in [5.41, 5.74) is 0. The molecule has 5 heteroatoms. The van der Waals surface area contributed by atoms with Gasteiger partial charge in [0, 0.05) is 32.1 Å². The molecule has 3 atom stereocenters. The fourth-order valence-corrected chi connectivity index (χ4v) is 3.12. The molecule has 1 amide bonds. The quantitative estimate of drug-likeness (QED) is 0.693. The summed E-state index contributed by atoms with van der Waals surface area (Å²) in [7, 11) is 0. The van der Waals surface area contributed by atoms with Crippen molar-refractivity contribution in [1.29, 1.82) is 0 Å². The molecule has 102 valence electrons. The molecule has 0 unspecified atom stereocenters. The maximum Gasteiger partial charge on any atom is 0.303 e. The lowest BCUT2D eigenvalue weighted by Gasteiger charge is -2.41. The van der Waals surface area contributed by atoms with Crippen molar-refractivity contribution in [2.24, 2.45) is 0 Å². The van der Waals surface area contributed by atoms with Crippen LogP contribution in [-0.4, -0.2) is 59.5 Å². The third-order valence-corrected chi connectivity index (χ3v) is 3.95.